The van der Waals surface area contributed by atoms with Gasteiger partial charge in [0.15, 0.2) is 0 Å². The summed E-state index contributed by atoms with van der Waals surface area (Å²) < 4.78 is 0. The van der Waals surface area contributed by atoms with E-state index in [1.165, 1.54) is 0 Å². The molecule has 0 aromatic rings. The van der Waals surface area contributed by atoms with Gasteiger partial charge in [-0.3, -0.25) is 0 Å². The van der Waals surface area contributed by atoms with E-state index in [-0.39, 0.29) is 0 Å². The van der Waals surface area contributed by atoms with Crippen LogP contribution in [0.25, 0.3) is 0 Å². The highest BCUT2D eigenvalue weighted by atomic mass is 14.5. The monoisotopic (exact) mass is 135 g/mol. The third-order valence-corrected chi connectivity index (χ3v) is 1.09. The summed E-state index contributed by atoms with van der Waals surface area (Å²) >= 11 is 0. The van der Waals surface area contributed by atoms with Crippen LogP contribution in [-0.2, 0) is 0 Å². The molecule has 0 aliphatic carbocycles. The Morgan fingerprint density at radius 3 is 2.40 bits per heavy atom. The third kappa shape index (κ3) is 3.72. The molecule has 0 spiro atoms. The summed E-state index contributed by atoms with van der Waals surface area (Å²) in [6.07, 6.45) is 7.00. The number of allylic oxidation sites excluding steroid dienone is 5. The Balaban J connectivity index is 4.00. The molecule has 1 heteroatoms. The smallest absolute Gasteiger partial charge is 0.00325 e. The van der Waals surface area contributed by atoms with E-state index in [0.29, 0.717) is 0 Å². The fourth-order valence-corrected chi connectivity index (χ4v) is 0.362. The lowest BCUT2D eigenvalue weighted by molar-refractivity contribution is 1.43. The van der Waals surface area contributed by atoms with Crippen molar-refractivity contribution in [3.8, 4) is 0 Å². The van der Waals surface area contributed by atoms with Crippen molar-refractivity contribution in [3.63, 3.8) is 0 Å². The van der Waals surface area contributed by atoms with Crippen molar-refractivity contribution in [1.82, 2.24) is 0 Å². The lowest BCUT2D eigenvalue weighted by Gasteiger charge is -1.88. The second-order valence-electron chi connectivity index (χ2n) is 2.02. The van der Waals surface area contributed by atoms with Crippen LogP contribution in [0.4, 0.5) is 0 Å². The van der Waals surface area contributed by atoms with Crippen LogP contribution in [-0.4, -0.2) is 0 Å². The highest BCUT2D eigenvalue weighted by Crippen LogP contribution is 1.97. The molecule has 1 nitrogen and oxygen atoms in total. The number of hydrogen-bond donors (Lipinski definition) is 1. The first kappa shape index (κ1) is 8.76. The van der Waals surface area contributed by atoms with E-state index in [1.807, 2.05) is 19.1 Å². The molecule has 0 rings (SSSR count). The average Bonchev–Trinajstić information content (AvgIpc) is 1.99. The van der Waals surface area contributed by atoms with Crippen LogP contribution in [0.3, 0.4) is 0 Å². The molecule has 2 N–H and O–H groups in total. The van der Waals surface area contributed by atoms with E-state index >= 15 is 0 Å². The van der Waals surface area contributed by atoms with E-state index in [0.717, 1.165) is 11.1 Å². The van der Waals surface area contributed by atoms with Crippen LogP contribution in [0.5, 0.6) is 0 Å². The van der Waals surface area contributed by atoms with Crippen molar-refractivity contribution in [3.05, 3.63) is 48.7 Å². The van der Waals surface area contributed by atoms with Crippen molar-refractivity contribution in [1.29, 1.82) is 0 Å². The fourth-order valence-electron chi connectivity index (χ4n) is 0.362. The van der Waals surface area contributed by atoms with Crippen LogP contribution >= 0.6 is 0 Å². The van der Waals surface area contributed by atoms with E-state index in [2.05, 4.69) is 13.2 Å². The van der Waals surface area contributed by atoms with Crippen LogP contribution in [0.2, 0.25) is 0 Å². The SMILES string of the molecule is C=CC(=C)/C=C\C(C)=C/N. The van der Waals surface area contributed by atoms with Crippen LogP contribution in [0.15, 0.2) is 48.7 Å². The third-order valence-electron chi connectivity index (χ3n) is 1.09. The summed E-state index contributed by atoms with van der Waals surface area (Å²) in [5.41, 5.74) is 7.14. The minimum atomic E-state index is 0.890. The highest BCUT2D eigenvalue weighted by Gasteiger charge is 1.78. The highest BCUT2D eigenvalue weighted by molar-refractivity contribution is 5.30. The van der Waals surface area contributed by atoms with Gasteiger partial charge in [0.1, 0.15) is 0 Å². The molecule has 0 heterocycles. The first-order valence-corrected chi connectivity index (χ1v) is 3.08. The Bertz CT molecular complexity index is 181. The maximum atomic E-state index is 5.23. The Morgan fingerprint density at radius 2 is 2.00 bits per heavy atom. The largest absolute Gasteiger partial charge is 0.404 e. The summed E-state index contributed by atoms with van der Waals surface area (Å²) in [7, 11) is 0. The molecule has 0 saturated heterocycles. The summed E-state index contributed by atoms with van der Waals surface area (Å²) in [4.78, 5) is 0. The minimum Gasteiger partial charge on any atom is -0.404 e. The number of hydrogen-bond acceptors (Lipinski definition) is 1. The van der Waals surface area contributed by atoms with E-state index in [4.69, 9.17) is 5.73 Å². The predicted octanol–water partition coefficient (Wildman–Crippen LogP) is 2.15. The van der Waals surface area contributed by atoms with Crippen molar-refractivity contribution in [2.24, 2.45) is 5.73 Å². The van der Waals surface area contributed by atoms with Gasteiger partial charge < -0.3 is 5.73 Å². The molecule has 0 unspecified atom stereocenters. The molecule has 54 valence electrons. The van der Waals surface area contributed by atoms with Gasteiger partial charge in [0.05, 0.1) is 0 Å². The molecule has 0 aliphatic heterocycles. The summed E-state index contributed by atoms with van der Waals surface area (Å²) in [5, 5.41) is 0. The molecule has 0 fully saturated rings. The van der Waals surface area contributed by atoms with Gasteiger partial charge in [-0.2, -0.15) is 0 Å². The predicted molar refractivity (Wildman–Crippen MR) is 46.4 cm³/mol. The molecule has 0 amide bonds. The van der Waals surface area contributed by atoms with Crippen LogP contribution in [0, 0.1) is 0 Å². The molecular formula is C9H13N. The molecule has 0 aliphatic rings. The van der Waals surface area contributed by atoms with Crippen molar-refractivity contribution in [2.45, 2.75) is 6.92 Å². The van der Waals surface area contributed by atoms with Crippen molar-refractivity contribution < 1.29 is 0 Å². The molecular weight excluding hydrogens is 122 g/mol. The topological polar surface area (TPSA) is 26.0 Å². The van der Waals surface area contributed by atoms with Gasteiger partial charge in [-0.05, 0) is 24.3 Å². The van der Waals surface area contributed by atoms with Gasteiger partial charge in [0.25, 0.3) is 0 Å². The Morgan fingerprint density at radius 1 is 1.40 bits per heavy atom. The Hall–Kier alpha value is -1.24. The van der Waals surface area contributed by atoms with Crippen LogP contribution in [0.1, 0.15) is 6.92 Å². The molecule has 0 aromatic carbocycles. The first-order chi connectivity index (χ1) is 4.70. The zero-order chi connectivity index (χ0) is 7.98. The van der Waals surface area contributed by atoms with Crippen molar-refractivity contribution in [2.75, 3.05) is 0 Å². The maximum absolute atomic E-state index is 5.23. The standard InChI is InChI=1S/C9H13N/c1-4-8(2)5-6-9(3)7-10/h4-7H,1-2,10H2,3H3/b6-5-,9-7-. The van der Waals surface area contributed by atoms with Gasteiger partial charge in [0.2, 0.25) is 0 Å². The van der Waals surface area contributed by atoms with Gasteiger partial charge in [-0.15, -0.1) is 0 Å². The van der Waals surface area contributed by atoms with E-state index < -0.39 is 0 Å². The molecule has 0 bridgehead atoms. The summed E-state index contributed by atoms with van der Waals surface area (Å²) in [6.45, 7) is 9.19. The second kappa shape index (κ2) is 4.62. The van der Waals surface area contributed by atoms with E-state index in [1.54, 1.807) is 12.3 Å². The average molecular weight is 135 g/mol. The summed E-state index contributed by atoms with van der Waals surface area (Å²) in [6, 6.07) is 0. The minimum absolute atomic E-state index is 0.890. The van der Waals surface area contributed by atoms with Crippen LogP contribution < -0.4 is 5.73 Å². The lowest BCUT2D eigenvalue weighted by Crippen LogP contribution is -1.79. The molecule has 0 saturated carbocycles. The zero-order valence-corrected chi connectivity index (χ0v) is 6.30. The second-order valence-corrected chi connectivity index (χ2v) is 2.02. The molecule has 0 aromatic heterocycles. The zero-order valence-electron chi connectivity index (χ0n) is 6.30. The molecule has 0 radical (unpaired) electrons. The first-order valence-electron chi connectivity index (χ1n) is 3.08. The summed E-state index contributed by atoms with van der Waals surface area (Å²) in [5.74, 6) is 0. The number of rotatable bonds is 3. The van der Waals surface area contributed by atoms with Gasteiger partial charge >= 0.3 is 0 Å². The maximum Gasteiger partial charge on any atom is -0.00325 e. The van der Waals surface area contributed by atoms with E-state index in [9.17, 15) is 0 Å². The Kier molecular flexibility index (Phi) is 4.05. The number of nitrogens with two attached hydrogens (primary N) is 1. The van der Waals surface area contributed by atoms with Gasteiger partial charge in [-0.25, -0.2) is 0 Å². The van der Waals surface area contributed by atoms with Gasteiger partial charge in [0, 0.05) is 0 Å². The quantitative estimate of drug-likeness (QED) is 0.589. The van der Waals surface area contributed by atoms with Gasteiger partial charge in [-0.1, -0.05) is 31.4 Å². The molecule has 0 atom stereocenters. The van der Waals surface area contributed by atoms with Crippen molar-refractivity contribution >= 4 is 0 Å². The fraction of sp³-hybridized carbons (Fsp3) is 0.111. The lowest BCUT2D eigenvalue weighted by atomic mass is 10.2. The Labute approximate surface area is 62.2 Å². The molecule has 10 heavy (non-hydrogen) atoms. The normalized spacial score (nSPS) is 11.9.